The molecule has 0 atom stereocenters. The van der Waals surface area contributed by atoms with Crippen LogP contribution in [0.3, 0.4) is 0 Å². The lowest BCUT2D eigenvalue weighted by molar-refractivity contribution is 0.607. The zero-order valence-electron chi connectivity index (χ0n) is 12.6. The Bertz CT molecular complexity index is 903. The Balaban J connectivity index is 1.59. The fraction of sp³-hybridized carbons (Fsp3) is 0.200. The highest BCUT2D eigenvalue weighted by Crippen LogP contribution is 2.17. The molecule has 0 saturated heterocycles. The summed E-state index contributed by atoms with van der Waals surface area (Å²) in [7, 11) is -3.24. The molecule has 3 N–H and O–H groups in total. The highest BCUT2D eigenvalue weighted by molar-refractivity contribution is 7.92. The number of anilines is 2. The molecule has 0 fully saturated rings. The average molecular weight is 331 g/mol. The molecular weight excluding hydrogens is 314 g/mol. The topological polar surface area (TPSA) is 99.8 Å². The lowest BCUT2D eigenvalue weighted by Gasteiger charge is -2.08. The quantitative estimate of drug-likeness (QED) is 0.641. The minimum atomic E-state index is -3.24. The van der Waals surface area contributed by atoms with Gasteiger partial charge in [0.25, 0.3) is 0 Å². The summed E-state index contributed by atoms with van der Waals surface area (Å²) in [5.74, 6) is 0.798. The van der Waals surface area contributed by atoms with E-state index in [4.69, 9.17) is 0 Å². The largest absolute Gasteiger partial charge is 0.369 e. The fourth-order valence-corrected chi connectivity index (χ4v) is 2.86. The van der Waals surface area contributed by atoms with E-state index in [0.29, 0.717) is 5.69 Å². The average Bonchev–Trinajstić information content (AvgIpc) is 2.97. The van der Waals surface area contributed by atoms with Crippen LogP contribution in [0.1, 0.15) is 5.56 Å². The van der Waals surface area contributed by atoms with Crippen molar-refractivity contribution in [1.29, 1.82) is 0 Å². The summed E-state index contributed by atoms with van der Waals surface area (Å²) in [6, 6.07) is 9.25. The van der Waals surface area contributed by atoms with E-state index >= 15 is 0 Å². The van der Waals surface area contributed by atoms with Crippen LogP contribution in [0.2, 0.25) is 0 Å². The van der Waals surface area contributed by atoms with Crippen molar-refractivity contribution in [3.8, 4) is 0 Å². The van der Waals surface area contributed by atoms with E-state index in [1.807, 2.05) is 24.4 Å². The predicted octanol–water partition coefficient (Wildman–Crippen LogP) is 1.98. The maximum atomic E-state index is 11.2. The van der Waals surface area contributed by atoms with Gasteiger partial charge in [0.15, 0.2) is 0 Å². The van der Waals surface area contributed by atoms with Gasteiger partial charge in [0.1, 0.15) is 17.8 Å². The molecule has 2 aromatic heterocycles. The fourth-order valence-electron chi connectivity index (χ4n) is 2.29. The lowest BCUT2D eigenvalue weighted by Crippen LogP contribution is -2.10. The predicted molar refractivity (Wildman–Crippen MR) is 91.0 cm³/mol. The zero-order chi connectivity index (χ0) is 16.3. The molecular formula is C15H17N5O2S. The van der Waals surface area contributed by atoms with Crippen LogP contribution < -0.4 is 10.0 Å². The van der Waals surface area contributed by atoms with Gasteiger partial charge in [-0.1, -0.05) is 12.1 Å². The molecule has 3 aromatic rings. The van der Waals surface area contributed by atoms with Crippen molar-refractivity contribution in [2.24, 2.45) is 0 Å². The van der Waals surface area contributed by atoms with Gasteiger partial charge in [-0.25, -0.2) is 18.4 Å². The summed E-state index contributed by atoms with van der Waals surface area (Å²) >= 11 is 0. The standard InChI is InChI=1S/C15H17N5O2S/c1-23(21,22)20-12-4-2-11(3-5-12)6-8-16-14-13-7-9-17-15(13)19-10-18-14/h2-5,7,9-10,20H,6,8H2,1H3,(H2,16,17,18,19). The Kier molecular flexibility index (Phi) is 4.16. The van der Waals surface area contributed by atoms with Crippen LogP contribution in [0.5, 0.6) is 0 Å². The molecule has 120 valence electrons. The maximum Gasteiger partial charge on any atom is 0.229 e. The molecule has 0 aliphatic rings. The van der Waals surface area contributed by atoms with E-state index in [2.05, 4.69) is 25.0 Å². The Morgan fingerprint density at radius 2 is 1.91 bits per heavy atom. The number of H-pyrrole nitrogens is 1. The summed E-state index contributed by atoms with van der Waals surface area (Å²) in [6.45, 7) is 0.718. The zero-order valence-corrected chi connectivity index (χ0v) is 13.4. The number of nitrogens with zero attached hydrogens (tertiary/aromatic N) is 2. The summed E-state index contributed by atoms with van der Waals surface area (Å²) < 4.78 is 24.8. The molecule has 0 aliphatic heterocycles. The molecule has 8 heteroatoms. The molecule has 0 spiro atoms. The minimum Gasteiger partial charge on any atom is -0.369 e. The van der Waals surface area contributed by atoms with E-state index in [1.54, 1.807) is 12.1 Å². The van der Waals surface area contributed by atoms with Crippen LogP contribution in [0, 0.1) is 0 Å². The second-order valence-electron chi connectivity index (χ2n) is 5.21. The lowest BCUT2D eigenvalue weighted by atomic mass is 10.1. The Morgan fingerprint density at radius 1 is 1.13 bits per heavy atom. The highest BCUT2D eigenvalue weighted by Gasteiger charge is 2.04. The van der Waals surface area contributed by atoms with Gasteiger partial charge in [-0.3, -0.25) is 4.72 Å². The van der Waals surface area contributed by atoms with Gasteiger partial charge < -0.3 is 10.3 Å². The summed E-state index contributed by atoms with van der Waals surface area (Å²) in [4.78, 5) is 11.4. The number of fused-ring (bicyclic) bond motifs is 1. The van der Waals surface area contributed by atoms with E-state index < -0.39 is 10.0 Å². The first kappa shape index (κ1) is 15.3. The first-order chi connectivity index (χ1) is 11.0. The molecule has 0 aliphatic carbocycles. The molecule has 0 amide bonds. The molecule has 0 saturated carbocycles. The Labute approximate surface area is 134 Å². The molecule has 0 bridgehead atoms. The first-order valence-corrected chi connectivity index (χ1v) is 8.99. The van der Waals surface area contributed by atoms with Crippen LogP contribution in [-0.4, -0.2) is 36.2 Å². The van der Waals surface area contributed by atoms with Crippen molar-refractivity contribution >= 4 is 32.6 Å². The van der Waals surface area contributed by atoms with Crippen LogP contribution >= 0.6 is 0 Å². The highest BCUT2D eigenvalue weighted by atomic mass is 32.2. The van der Waals surface area contributed by atoms with Gasteiger partial charge in [-0.05, 0) is 30.2 Å². The normalized spacial score (nSPS) is 11.5. The van der Waals surface area contributed by atoms with E-state index in [-0.39, 0.29) is 0 Å². The maximum absolute atomic E-state index is 11.2. The van der Waals surface area contributed by atoms with Crippen molar-refractivity contribution < 1.29 is 8.42 Å². The summed E-state index contributed by atoms with van der Waals surface area (Å²) in [6.07, 6.45) is 5.29. The number of hydrogen-bond donors (Lipinski definition) is 3. The number of sulfonamides is 1. The van der Waals surface area contributed by atoms with Crippen LogP contribution in [0.4, 0.5) is 11.5 Å². The number of rotatable bonds is 6. The monoisotopic (exact) mass is 331 g/mol. The van der Waals surface area contributed by atoms with Crippen molar-refractivity contribution in [3.63, 3.8) is 0 Å². The van der Waals surface area contributed by atoms with Gasteiger partial charge in [-0.15, -0.1) is 0 Å². The third-order valence-corrected chi connectivity index (χ3v) is 3.92. The molecule has 1 aromatic carbocycles. The third-order valence-electron chi connectivity index (χ3n) is 3.32. The second kappa shape index (κ2) is 6.25. The molecule has 3 rings (SSSR count). The summed E-state index contributed by atoms with van der Waals surface area (Å²) in [5.41, 5.74) is 2.48. The van der Waals surface area contributed by atoms with Crippen molar-refractivity contribution in [3.05, 3.63) is 48.4 Å². The van der Waals surface area contributed by atoms with Crippen molar-refractivity contribution in [2.75, 3.05) is 22.8 Å². The summed E-state index contributed by atoms with van der Waals surface area (Å²) in [5, 5.41) is 4.25. The van der Waals surface area contributed by atoms with Crippen molar-refractivity contribution in [1.82, 2.24) is 15.0 Å². The number of benzene rings is 1. The number of hydrogen-bond acceptors (Lipinski definition) is 5. The Morgan fingerprint density at radius 3 is 2.65 bits per heavy atom. The molecule has 0 unspecified atom stereocenters. The number of nitrogens with one attached hydrogen (secondary N) is 3. The van der Waals surface area contributed by atoms with E-state index in [0.717, 1.165) is 41.6 Å². The molecule has 0 radical (unpaired) electrons. The van der Waals surface area contributed by atoms with E-state index in [1.165, 1.54) is 6.33 Å². The molecule has 2 heterocycles. The second-order valence-corrected chi connectivity index (χ2v) is 6.96. The molecule has 23 heavy (non-hydrogen) atoms. The number of aromatic amines is 1. The van der Waals surface area contributed by atoms with Gasteiger partial charge in [0, 0.05) is 18.4 Å². The van der Waals surface area contributed by atoms with Crippen LogP contribution in [-0.2, 0) is 16.4 Å². The van der Waals surface area contributed by atoms with Gasteiger partial charge in [0.05, 0.1) is 11.6 Å². The Hall–Kier alpha value is -2.61. The third kappa shape index (κ3) is 3.98. The van der Waals surface area contributed by atoms with E-state index in [9.17, 15) is 8.42 Å². The molecule has 7 nitrogen and oxygen atoms in total. The van der Waals surface area contributed by atoms with Crippen LogP contribution in [0.15, 0.2) is 42.9 Å². The first-order valence-electron chi connectivity index (χ1n) is 7.10. The smallest absolute Gasteiger partial charge is 0.229 e. The van der Waals surface area contributed by atoms with Gasteiger partial charge in [-0.2, -0.15) is 0 Å². The van der Waals surface area contributed by atoms with Crippen LogP contribution in [0.25, 0.3) is 11.0 Å². The van der Waals surface area contributed by atoms with Gasteiger partial charge >= 0.3 is 0 Å². The minimum absolute atomic E-state index is 0.564. The van der Waals surface area contributed by atoms with Gasteiger partial charge in [0.2, 0.25) is 10.0 Å². The van der Waals surface area contributed by atoms with Crippen molar-refractivity contribution in [2.45, 2.75) is 6.42 Å². The SMILES string of the molecule is CS(=O)(=O)Nc1ccc(CCNc2ncnc3[nH]ccc23)cc1. The number of aromatic nitrogens is 3.